The molecule has 1 unspecified atom stereocenters. The molecule has 2 fully saturated rings. The molecule has 0 amide bonds. The predicted octanol–water partition coefficient (Wildman–Crippen LogP) is 3.11. The first kappa shape index (κ1) is 11.7. The lowest BCUT2D eigenvalue weighted by molar-refractivity contribution is 0.431. The molecule has 2 aliphatic carbocycles. The Balaban J connectivity index is 1.70. The molecule has 1 spiro atoms. The SMILES string of the molecule is CC1CCN1c1ccc2c(c1)-c1onc(N)c1CC21CC1. The summed E-state index contributed by atoms with van der Waals surface area (Å²) in [5.74, 6) is 1.47. The number of nitrogens with two attached hydrogens (primary N) is 1. The van der Waals surface area contributed by atoms with Crippen LogP contribution in [0, 0.1) is 0 Å². The van der Waals surface area contributed by atoms with E-state index in [0.29, 0.717) is 17.3 Å². The van der Waals surface area contributed by atoms with Gasteiger partial charge in [0.15, 0.2) is 11.6 Å². The standard InChI is InChI=1S/C17H19N3O/c1-10-4-7-20(10)11-2-3-14-12(8-11)15-13(16(18)19-21-15)9-17(14)5-6-17/h2-3,8,10H,4-7,9H2,1H3,(H2,18,19). The number of rotatable bonds is 1. The van der Waals surface area contributed by atoms with Gasteiger partial charge < -0.3 is 15.2 Å². The molecule has 0 radical (unpaired) electrons. The zero-order valence-corrected chi connectivity index (χ0v) is 12.2. The van der Waals surface area contributed by atoms with Crippen molar-refractivity contribution in [1.29, 1.82) is 0 Å². The first-order valence-corrected chi connectivity index (χ1v) is 7.83. The maximum absolute atomic E-state index is 6.01. The van der Waals surface area contributed by atoms with E-state index in [2.05, 4.69) is 35.2 Å². The van der Waals surface area contributed by atoms with Crippen LogP contribution in [0.3, 0.4) is 0 Å². The fraction of sp³-hybridized carbons (Fsp3) is 0.471. The Morgan fingerprint density at radius 2 is 2.24 bits per heavy atom. The van der Waals surface area contributed by atoms with Crippen LogP contribution in [0.1, 0.15) is 37.3 Å². The van der Waals surface area contributed by atoms with Gasteiger partial charge in [0.1, 0.15) is 0 Å². The van der Waals surface area contributed by atoms with Crippen LogP contribution in [0.5, 0.6) is 0 Å². The van der Waals surface area contributed by atoms with Gasteiger partial charge in [-0.05, 0) is 50.3 Å². The monoisotopic (exact) mass is 281 g/mol. The highest BCUT2D eigenvalue weighted by molar-refractivity contribution is 5.78. The van der Waals surface area contributed by atoms with Crippen LogP contribution in [0.25, 0.3) is 11.3 Å². The largest absolute Gasteiger partial charge is 0.381 e. The Morgan fingerprint density at radius 3 is 2.90 bits per heavy atom. The van der Waals surface area contributed by atoms with E-state index in [4.69, 9.17) is 10.3 Å². The molecule has 2 N–H and O–H groups in total. The Labute approximate surface area is 123 Å². The Bertz CT molecular complexity index is 744. The van der Waals surface area contributed by atoms with E-state index >= 15 is 0 Å². The van der Waals surface area contributed by atoms with E-state index in [-0.39, 0.29) is 0 Å². The van der Waals surface area contributed by atoms with E-state index in [1.807, 2.05) is 0 Å². The average Bonchev–Trinajstić information content (AvgIpc) is 3.15. The zero-order chi connectivity index (χ0) is 14.2. The minimum absolute atomic E-state index is 0.307. The van der Waals surface area contributed by atoms with Gasteiger partial charge in [0.2, 0.25) is 0 Å². The molecule has 1 saturated heterocycles. The highest BCUT2D eigenvalue weighted by atomic mass is 16.5. The minimum atomic E-state index is 0.307. The molecule has 3 aliphatic rings. The fourth-order valence-electron chi connectivity index (χ4n) is 4.00. The normalized spacial score (nSPS) is 24.4. The van der Waals surface area contributed by atoms with E-state index in [9.17, 15) is 0 Å². The second kappa shape index (κ2) is 3.62. The summed E-state index contributed by atoms with van der Waals surface area (Å²) in [7, 11) is 0. The first-order valence-electron chi connectivity index (χ1n) is 7.83. The van der Waals surface area contributed by atoms with Crippen molar-refractivity contribution in [2.45, 2.75) is 44.1 Å². The summed E-state index contributed by atoms with van der Waals surface area (Å²) in [6, 6.07) is 7.51. The number of benzene rings is 1. The summed E-state index contributed by atoms with van der Waals surface area (Å²) in [6.07, 6.45) is 4.78. The summed E-state index contributed by atoms with van der Waals surface area (Å²) >= 11 is 0. The number of nitrogens with zero attached hydrogens (tertiary/aromatic N) is 2. The van der Waals surface area contributed by atoms with Gasteiger partial charge in [0.25, 0.3) is 0 Å². The van der Waals surface area contributed by atoms with Crippen molar-refractivity contribution in [2.75, 3.05) is 17.2 Å². The molecule has 1 aliphatic heterocycles. The lowest BCUT2D eigenvalue weighted by Gasteiger charge is -2.41. The number of hydrogen-bond acceptors (Lipinski definition) is 4. The molecule has 1 aromatic heterocycles. The second-order valence-corrected chi connectivity index (χ2v) is 6.89. The third-order valence-corrected chi connectivity index (χ3v) is 5.66. The van der Waals surface area contributed by atoms with Crippen LogP contribution >= 0.6 is 0 Å². The van der Waals surface area contributed by atoms with Crippen LogP contribution in [-0.2, 0) is 11.8 Å². The molecule has 1 saturated carbocycles. The quantitative estimate of drug-likeness (QED) is 0.872. The van der Waals surface area contributed by atoms with Gasteiger partial charge in [-0.3, -0.25) is 0 Å². The molecule has 4 heteroatoms. The molecule has 2 heterocycles. The molecular formula is C17H19N3O. The van der Waals surface area contributed by atoms with Gasteiger partial charge in [-0.2, -0.15) is 0 Å². The Morgan fingerprint density at radius 1 is 1.38 bits per heavy atom. The van der Waals surface area contributed by atoms with E-state index in [0.717, 1.165) is 24.3 Å². The van der Waals surface area contributed by atoms with Crippen molar-refractivity contribution in [2.24, 2.45) is 0 Å². The number of anilines is 2. The van der Waals surface area contributed by atoms with E-state index in [1.54, 1.807) is 0 Å². The van der Waals surface area contributed by atoms with Gasteiger partial charge in [0, 0.05) is 34.8 Å². The summed E-state index contributed by atoms with van der Waals surface area (Å²) in [5, 5.41) is 4.00. The summed E-state index contributed by atoms with van der Waals surface area (Å²) in [4.78, 5) is 2.45. The maximum Gasteiger partial charge on any atom is 0.172 e. The van der Waals surface area contributed by atoms with Crippen molar-refractivity contribution in [1.82, 2.24) is 5.16 Å². The van der Waals surface area contributed by atoms with Gasteiger partial charge in [-0.1, -0.05) is 11.2 Å². The molecular weight excluding hydrogens is 262 g/mol. The third-order valence-electron chi connectivity index (χ3n) is 5.66. The van der Waals surface area contributed by atoms with E-state index in [1.165, 1.54) is 36.1 Å². The molecule has 1 atom stereocenters. The van der Waals surface area contributed by atoms with Crippen LogP contribution in [0.15, 0.2) is 22.7 Å². The Kier molecular flexibility index (Phi) is 2.01. The zero-order valence-electron chi connectivity index (χ0n) is 12.2. The first-order chi connectivity index (χ1) is 10.2. The molecule has 2 aromatic rings. The fourth-order valence-corrected chi connectivity index (χ4v) is 4.00. The van der Waals surface area contributed by atoms with Gasteiger partial charge in [-0.15, -0.1) is 0 Å². The topological polar surface area (TPSA) is 55.3 Å². The lowest BCUT2D eigenvalue weighted by atomic mass is 9.79. The molecule has 5 rings (SSSR count). The van der Waals surface area contributed by atoms with Crippen molar-refractivity contribution in [3.05, 3.63) is 29.3 Å². The van der Waals surface area contributed by atoms with Crippen LogP contribution < -0.4 is 10.6 Å². The van der Waals surface area contributed by atoms with Gasteiger partial charge in [0.05, 0.1) is 0 Å². The molecule has 4 nitrogen and oxygen atoms in total. The molecule has 0 bridgehead atoms. The highest BCUT2D eigenvalue weighted by Gasteiger charge is 2.50. The highest BCUT2D eigenvalue weighted by Crippen LogP contribution is 2.58. The van der Waals surface area contributed by atoms with Gasteiger partial charge >= 0.3 is 0 Å². The maximum atomic E-state index is 6.01. The van der Waals surface area contributed by atoms with Crippen molar-refractivity contribution in [3.8, 4) is 11.3 Å². The van der Waals surface area contributed by atoms with Gasteiger partial charge in [-0.25, -0.2) is 0 Å². The lowest BCUT2D eigenvalue weighted by Crippen LogP contribution is -2.45. The summed E-state index contributed by atoms with van der Waals surface area (Å²) in [6.45, 7) is 3.43. The van der Waals surface area contributed by atoms with Crippen molar-refractivity contribution >= 4 is 11.5 Å². The summed E-state index contributed by atoms with van der Waals surface area (Å²) < 4.78 is 5.55. The number of aromatic nitrogens is 1. The third kappa shape index (κ3) is 1.42. The van der Waals surface area contributed by atoms with Crippen molar-refractivity contribution < 1.29 is 4.52 Å². The number of hydrogen-bond donors (Lipinski definition) is 1. The predicted molar refractivity (Wildman–Crippen MR) is 82.4 cm³/mol. The second-order valence-electron chi connectivity index (χ2n) is 6.89. The molecule has 21 heavy (non-hydrogen) atoms. The average molecular weight is 281 g/mol. The summed E-state index contributed by atoms with van der Waals surface area (Å²) in [5.41, 5.74) is 11.4. The minimum Gasteiger partial charge on any atom is -0.381 e. The number of fused-ring (bicyclic) bond motifs is 4. The van der Waals surface area contributed by atoms with Crippen molar-refractivity contribution in [3.63, 3.8) is 0 Å². The number of nitrogen functional groups attached to an aromatic ring is 1. The smallest absolute Gasteiger partial charge is 0.172 e. The molecule has 1 aromatic carbocycles. The van der Waals surface area contributed by atoms with Crippen LogP contribution in [0.4, 0.5) is 11.5 Å². The van der Waals surface area contributed by atoms with Crippen LogP contribution in [0.2, 0.25) is 0 Å². The molecule has 108 valence electrons. The Hall–Kier alpha value is -1.97. The van der Waals surface area contributed by atoms with E-state index < -0.39 is 0 Å². The van der Waals surface area contributed by atoms with Crippen LogP contribution in [-0.4, -0.2) is 17.7 Å².